The van der Waals surface area contributed by atoms with E-state index < -0.39 is 5.60 Å². The standard InChI is InChI=1S/C25H43N7O3/c1-7-9-18(2)34-23-28-21(26)22-27-17-20(32(22)29-23)16-19-10-14-31(15-11-19)13-8-12-30(6)24(33)35-25(3,4)5/h17-19H,7-16H2,1-6H3,(H2,26,28,29)/t18-/m0/s1. The van der Waals surface area contributed by atoms with Gasteiger partial charge in [0.2, 0.25) is 0 Å². The van der Waals surface area contributed by atoms with Crippen LogP contribution in [0.5, 0.6) is 6.01 Å². The van der Waals surface area contributed by atoms with Crippen molar-refractivity contribution < 1.29 is 14.3 Å². The second-order valence-corrected chi connectivity index (χ2v) is 10.7. The van der Waals surface area contributed by atoms with E-state index in [1.165, 1.54) is 0 Å². The molecule has 2 N–H and O–H groups in total. The fourth-order valence-corrected chi connectivity index (χ4v) is 4.44. The highest BCUT2D eigenvalue weighted by Crippen LogP contribution is 2.24. The molecule has 3 heterocycles. The zero-order valence-corrected chi connectivity index (χ0v) is 22.3. The summed E-state index contributed by atoms with van der Waals surface area (Å²) < 4.78 is 13.1. The summed E-state index contributed by atoms with van der Waals surface area (Å²) in [5, 5.41) is 4.58. The number of nitrogen functional groups attached to an aromatic ring is 1. The molecule has 2 aromatic heterocycles. The number of piperidine rings is 1. The Kier molecular flexibility index (Phi) is 9.15. The number of carbonyl (C=O) groups is 1. The van der Waals surface area contributed by atoms with Crippen molar-refractivity contribution >= 4 is 17.6 Å². The lowest BCUT2D eigenvalue weighted by Gasteiger charge is -2.32. The van der Waals surface area contributed by atoms with Crippen molar-refractivity contribution in [2.75, 3.05) is 39.0 Å². The highest BCUT2D eigenvalue weighted by Gasteiger charge is 2.23. The molecule has 0 radical (unpaired) electrons. The van der Waals surface area contributed by atoms with Gasteiger partial charge < -0.3 is 25.0 Å². The molecule has 0 aromatic carbocycles. The lowest BCUT2D eigenvalue weighted by molar-refractivity contribution is 0.0291. The van der Waals surface area contributed by atoms with E-state index in [2.05, 4.69) is 26.9 Å². The first-order valence-corrected chi connectivity index (χ1v) is 12.9. The number of anilines is 1. The van der Waals surface area contributed by atoms with Gasteiger partial charge in [0.25, 0.3) is 0 Å². The quantitative estimate of drug-likeness (QED) is 0.537. The molecule has 0 spiro atoms. The first-order chi connectivity index (χ1) is 16.6. The van der Waals surface area contributed by atoms with Gasteiger partial charge in [0.05, 0.1) is 18.0 Å². The van der Waals surface area contributed by atoms with Crippen LogP contribution in [0.2, 0.25) is 0 Å². The molecule has 10 heteroatoms. The largest absolute Gasteiger partial charge is 0.459 e. The Hall–Kier alpha value is -2.62. The van der Waals surface area contributed by atoms with Crippen molar-refractivity contribution in [2.24, 2.45) is 5.92 Å². The highest BCUT2D eigenvalue weighted by atomic mass is 16.6. The molecule has 1 atom stereocenters. The van der Waals surface area contributed by atoms with Gasteiger partial charge in [-0.2, -0.15) is 4.98 Å². The zero-order valence-electron chi connectivity index (χ0n) is 22.3. The number of imidazole rings is 1. The second kappa shape index (κ2) is 11.9. The van der Waals surface area contributed by atoms with Crippen molar-refractivity contribution in [2.45, 2.75) is 84.8 Å². The summed E-state index contributed by atoms with van der Waals surface area (Å²) in [5.74, 6) is 0.909. The molecule has 1 saturated heterocycles. The monoisotopic (exact) mass is 489 g/mol. The van der Waals surface area contributed by atoms with Crippen LogP contribution < -0.4 is 10.5 Å². The first-order valence-electron chi connectivity index (χ1n) is 12.9. The number of aromatic nitrogens is 4. The number of likely N-dealkylation sites (tertiary alicyclic amines) is 1. The number of rotatable bonds is 10. The SMILES string of the molecule is CCC[C@H](C)Oc1nc(N)c2ncc(CC3CCN(CCCN(C)C(=O)OC(C)(C)C)CC3)n2n1. The molecule has 1 amide bonds. The fourth-order valence-electron chi connectivity index (χ4n) is 4.44. The summed E-state index contributed by atoms with van der Waals surface area (Å²) in [6.45, 7) is 13.6. The van der Waals surface area contributed by atoms with Crippen LogP contribution in [-0.4, -0.2) is 80.4 Å². The number of nitrogens with two attached hydrogens (primary N) is 1. The molecule has 0 unspecified atom stereocenters. The molecule has 35 heavy (non-hydrogen) atoms. The predicted molar refractivity (Wildman–Crippen MR) is 137 cm³/mol. The maximum atomic E-state index is 12.1. The van der Waals surface area contributed by atoms with E-state index in [0.717, 1.165) is 63.9 Å². The Bertz CT molecular complexity index is 964. The van der Waals surface area contributed by atoms with Crippen LogP contribution in [0.25, 0.3) is 5.65 Å². The van der Waals surface area contributed by atoms with Gasteiger partial charge in [-0.25, -0.2) is 14.3 Å². The van der Waals surface area contributed by atoms with Gasteiger partial charge in [-0.3, -0.25) is 0 Å². The third-order valence-corrected chi connectivity index (χ3v) is 6.32. The number of fused-ring (bicyclic) bond motifs is 1. The van der Waals surface area contributed by atoms with Gasteiger partial charge in [-0.1, -0.05) is 13.3 Å². The second-order valence-electron chi connectivity index (χ2n) is 10.7. The summed E-state index contributed by atoms with van der Waals surface area (Å²) in [7, 11) is 1.80. The summed E-state index contributed by atoms with van der Waals surface area (Å²) in [6.07, 6.45) is 7.68. The van der Waals surface area contributed by atoms with Crippen LogP contribution in [0.4, 0.5) is 10.6 Å². The lowest BCUT2D eigenvalue weighted by Crippen LogP contribution is -2.38. The van der Waals surface area contributed by atoms with Crippen molar-refractivity contribution in [3.05, 3.63) is 11.9 Å². The van der Waals surface area contributed by atoms with Gasteiger partial charge in [0.15, 0.2) is 11.5 Å². The van der Waals surface area contributed by atoms with Gasteiger partial charge in [-0.05, 0) is 85.4 Å². The molecule has 1 aliphatic rings. The van der Waals surface area contributed by atoms with E-state index in [9.17, 15) is 4.79 Å². The van der Waals surface area contributed by atoms with Gasteiger partial charge >= 0.3 is 12.1 Å². The molecule has 196 valence electrons. The molecule has 1 fully saturated rings. The summed E-state index contributed by atoms with van der Waals surface area (Å²) >= 11 is 0. The molecule has 2 aromatic rings. The highest BCUT2D eigenvalue weighted by molar-refractivity contribution is 5.67. The van der Waals surface area contributed by atoms with Crippen molar-refractivity contribution in [3.8, 4) is 6.01 Å². The van der Waals surface area contributed by atoms with E-state index in [4.69, 9.17) is 15.2 Å². The van der Waals surface area contributed by atoms with Gasteiger partial charge in [-0.15, -0.1) is 5.10 Å². The molecule has 1 aliphatic heterocycles. The number of ether oxygens (including phenoxy) is 2. The van der Waals surface area contributed by atoms with Crippen LogP contribution >= 0.6 is 0 Å². The van der Waals surface area contributed by atoms with E-state index in [0.29, 0.717) is 29.9 Å². The lowest BCUT2D eigenvalue weighted by atomic mass is 9.92. The average molecular weight is 490 g/mol. The van der Waals surface area contributed by atoms with E-state index >= 15 is 0 Å². The number of carbonyl (C=O) groups excluding carboxylic acids is 1. The van der Waals surface area contributed by atoms with Crippen molar-refractivity contribution in [1.29, 1.82) is 0 Å². The summed E-state index contributed by atoms with van der Waals surface area (Å²) in [4.78, 5) is 25.0. The molecule has 0 saturated carbocycles. The van der Waals surface area contributed by atoms with E-state index in [-0.39, 0.29) is 12.2 Å². The normalized spacial score (nSPS) is 16.4. The minimum Gasteiger partial charge on any atom is -0.459 e. The smallest absolute Gasteiger partial charge is 0.410 e. The Labute approximate surface area is 209 Å². The molecular weight excluding hydrogens is 446 g/mol. The first kappa shape index (κ1) is 27.0. The molecular formula is C25H43N7O3. The topological polar surface area (TPSA) is 111 Å². The van der Waals surface area contributed by atoms with Crippen LogP contribution in [0.15, 0.2) is 6.20 Å². The Morgan fingerprint density at radius 2 is 2.03 bits per heavy atom. The van der Waals surface area contributed by atoms with Crippen LogP contribution in [0, 0.1) is 5.92 Å². The molecule has 3 rings (SSSR count). The van der Waals surface area contributed by atoms with Crippen molar-refractivity contribution in [1.82, 2.24) is 29.4 Å². The zero-order chi connectivity index (χ0) is 25.6. The molecule has 0 bridgehead atoms. The Balaban J connectivity index is 1.48. The van der Waals surface area contributed by atoms with E-state index in [1.54, 1.807) is 16.5 Å². The maximum Gasteiger partial charge on any atom is 0.410 e. The minimum atomic E-state index is -0.464. The molecule has 10 nitrogen and oxygen atoms in total. The van der Waals surface area contributed by atoms with E-state index in [1.807, 2.05) is 33.9 Å². The summed E-state index contributed by atoms with van der Waals surface area (Å²) in [5.41, 5.74) is 7.30. The average Bonchev–Trinajstić information content (AvgIpc) is 3.17. The van der Waals surface area contributed by atoms with Crippen LogP contribution in [0.1, 0.15) is 72.4 Å². The number of hydrogen-bond acceptors (Lipinski definition) is 8. The maximum absolute atomic E-state index is 12.1. The van der Waals surface area contributed by atoms with Crippen LogP contribution in [0.3, 0.4) is 0 Å². The van der Waals surface area contributed by atoms with Crippen molar-refractivity contribution in [3.63, 3.8) is 0 Å². The fraction of sp³-hybridized carbons (Fsp3) is 0.760. The summed E-state index contributed by atoms with van der Waals surface area (Å²) in [6, 6.07) is 0.307. The number of hydrogen-bond donors (Lipinski definition) is 1. The third-order valence-electron chi connectivity index (χ3n) is 6.32. The van der Waals surface area contributed by atoms with Gasteiger partial charge in [0.1, 0.15) is 5.60 Å². The Morgan fingerprint density at radius 1 is 1.31 bits per heavy atom. The number of amides is 1. The predicted octanol–water partition coefficient (Wildman–Crippen LogP) is 3.79. The van der Waals surface area contributed by atoms with Gasteiger partial charge in [0, 0.05) is 13.6 Å². The number of nitrogens with zero attached hydrogens (tertiary/aromatic N) is 6. The van der Waals surface area contributed by atoms with Crippen LogP contribution in [-0.2, 0) is 11.2 Å². The Morgan fingerprint density at radius 3 is 2.69 bits per heavy atom. The third kappa shape index (κ3) is 7.95. The molecule has 0 aliphatic carbocycles. The minimum absolute atomic E-state index is 0.0390.